The Morgan fingerprint density at radius 1 is 1.32 bits per heavy atom. The summed E-state index contributed by atoms with van der Waals surface area (Å²) < 4.78 is 16.5. The van der Waals surface area contributed by atoms with E-state index in [-0.39, 0.29) is 11.8 Å². The molecule has 6 nitrogen and oxygen atoms in total. The van der Waals surface area contributed by atoms with Gasteiger partial charge < -0.3 is 15.5 Å². The Kier molecular flexibility index (Phi) is 4.43. The summed E-state index contributed by atoms with van der Waals surface area (Å²) in [5, 5.41) is 5.95. The Labute approximate surface area is 154 Å². The van der Waals surface area contributed by atoms with Crippen LogP contribution in [0, 0.1) is 0 Å². The van der Waals surface area contributed by atoms with Crippen molar-refractivity contribution in [2.45, 2.75) is 20.0 Å². The van der Waals surface area contributed by atoms with Crippen molar-refractivity contribution in [1.82, 2.24) is 15.2 Å². The molecular weight excluding hydrogens is 340 g/mol. The molecule has 25 heavy (non-hydrogen) atoms. The average molecular weight is 361 g/mol. The summed E-state index contributed by atoms with van der Waals surface area (Å²) >= 11 is 5.85. The predicted molar refractivity (Wildman–Crippen MR) is 96.4 cm³/mol. The van der Waals surface area contributed by atoms with Gasteiger partial charge in [-0.05, 0) is 29.8 Å². The molecule has 2 heterocycles. The SMILES string of the molecule is [2H]C([2H])(Nc1ccc2c(n1)CN(CCNC(C)=O)C2=O)c1ccc(Cl)cc1. The second kappa shape index (κ2) is 7.53. The average Bonchev–Trinajstić information content (AvgIpc) is 2.90. The van der Waals surface area contributed by atoms with E-state index in [0.29, 0.717) is 47.3 Å². The molecule has 0 saturated carbocycles. The predicted octanol–water partition coefficient (Wildman–Crippen LogP) is 2.44. The highest BCUT2D eigenvalue weighted by Crippen LogP contribution is 2.22. The van der Waals surface area contributed by atoms with Gasteiger partial charge in [-0.25, -0.2) is 4.98 Å². The highest BCUT2D eigenvalue weighted by atomic mass is 35.5. The molecule has 3 rings (SSSR count). The van der Waals surface area contributed by atoms with Gasteiger partial charge in [0.25, 0.3) is 5.91 Å². The van der Waals surface area contributed by atoms with Crippen molar-refractivity contribution in [2.24, 2.45) is 0 Å². The fourth-order valence-corrected chi connectivity index (χ4v) is 2.65. The summed E-state index contributed by atoms with van der Waals surface area (Å²) in [5.41, 5.74) is 1.50. The highest BCUT2D eigenvalue weighted by molar-refractivity contribution is 6.30. The third kappa shape index (κ3) is 4.28. The van der Waals surface area contributed by atoms with E-state index in [4.69, 9.17) is 14.3 Å². The number of nitrogens with one attached hydrogen (secondary N) is 2. The van der Waals surface area contributed by atoms with Gasteiger partial charge in [0.05, 0.1) is 20.5 Å². The number of pyridine rings is 1. The molecule has 1 aliphatic heterocycles. The highest BCUT2D eigenvalue weighted by Gasteiger charge is 2.28. The van der Waals surface area contributed by atoms with E-state index in [2.05, 4.69) is 15.6 Å². The number of fused-ring (bicyclic) bond motifs is 1. The van der Waals surface area contributed by atoms with Crippen molar-refractivity contribution >= 4 is 29.2 Å². The van der Waals surface area contributed by atoms with Crippen molar-refractivity contribution < 1.29 is 12.3 Å². The van der Waals surface area contributed by atoms with Gasteiger partial charge in [-0.3, -0.25) is 9.59 Å². The van der Waals surface area contributed by atoms with Gasteiger partial charge in [0, 0.05) is 31.5 Å². The first-order valence-electron chi connectivity index (χ1n) is 8.84. The summed E-state index contributed by atoms with van der Waals surface area (Å²) in [5.74, 6) is 0.0496. The lowest BCUT2D eigenvalue weighted by molar-refractivity contribution is -0.119. The van der Waals surface area contributed by atoms with Crippen LogP contribution in [0.4, 0.5) is 5.82 Å². The Morgan fingerprint density at radius 3 is 2.80 bits per heavy atom. The minimum absolute atomic E-state index is 0.143. The molecule has 1 aromatic carbocycles. The Bertz CT molecular complexity index is 874. The molecule has 2 amide bonds. The van der Waals surface area contributed by atoms with E-state index >= 15 is 0 Å². The first kappa shape index (κ1) is 14.7. The molecule has 2 N–H and O–H groups in total. The lowest BCUT2D eigenvalue weighted by Gasteiger charge is -2.14. The standard InChI is InChI=1S/C18H19ClN4O2/c1-12(24)20-8-9-23-11-16-15(18(23)25)6-7-17(22-16)21-10-13-2-4-14(19)5-3-13/h2-7H,8-11H2,1H3,(H,20,24)(H,21,22)/i10D2. The molecule has 1 aromatic heterocycles. The number of nitrogens with zero attached hydrogens (tertiary/aromatic N) is 2. The number of carbonyl (C=O) groups is 2. The summed E-state index contributed by atoms with van der Waals surface area (Å²) in [4.78, 5) is 29.3. The normalized spacial score (nSPS) is 14.6. The summed E-state index contributed by atoms with van der Waals surface area (Å²) in [6, 6.07) is 9.69. The van der Waals surface area contributed by atoms with Crippen LogP contribution < -0.4 is 10.6 Å². The molecule has 2 aromatic rings. The fraction of sp³-hybridized carbons (Fsp3) is 0.278. The van der Waals surface area contributed by atoms with Crippen LogP contribution in [0.1, 0.15) is 31.3 Å². The molecule has 0 radical (unpaired) electrons. The van der Waals surface area contributed by atoms with Gasteiger partial charge in [0.15, 0.2) is 0 Å². The molecule has 130 valence electrons. The first-order valence-corrected chi connectivity index (χ1v) is 8.22. The summed E-state index contributed by atoms with van der Waals surface area (Å²) in [7, 11) is 0. The van der Waals surface area contributed by atoms with E-state index < -0.39 is 6.50 Å². The van der Waals surface area contributed by atoms with Crippen molar-refractivity contribution in [3.8, 4) is 0 Å². The number of rotatable bonds is 6. The maximum Gasteiger partial charge on any atom is 0.256 e. The van der Waals surface area contributed by atoms with Crippen LogP contribution in [-0.4, -0.2) is 34.8 Å². The molecular formula is C18H19ClN4O2. The van der Waals surface area contributed by atoms with Crippen molar-refractivity contribution in [3.63, 3.8) is 0 Å². The molecule has 0 aliphatic carbocycles. The van der Waals surface area contributed by atoms with Crippen LogP contribution >= 0.6 is 11.6 Å². The van der Waals surface area contributed by atoms with E-state index in [9.17, 15) is 9.59 Å². The molecule has 0 bridgehead atoms. The third-order valence-corrected chi connectivity index (χ3v) is 4.02. The van der Waals surface area contributed by atoms with Crippen molar-refractivity contribution in [2.75, 3.05) is 18.4 Å². The van der Waals surface area contributed by atoms with E-state index in [1.807, 2.05) is 0 Å². The van der Waals surface area contributed by atoms with Crippen LogP contribution in [0.5, 0.6) is 0 Å². The summed E-state index contributed by atoms with van der Waals surface area (Å²) in [6.07, 6.45) is 0. The van der Waals surface area contributed by atoms with Crippen molar-refractivity contribution in [3.05, 3.63) is 58.2 Å². The Morgan fingerprint density at radius 2 is 2.08 bits per heavy atom. The van der Waals surface area contributed by atoms with Crippen LogP contribution in [0.15, 0.2) is 36.4 Å². The topological polar surface area (TPSA) is 74.3 Å². The zero-order chi connectivity index (χ0) is 19.6. The number of amides is 2. The number of halogens is 1. The number of benzene rings is 1. The second-order valence-electron chi connectivity index (χ2n) is 5.66. The number of aromatic nitrogens is 1. The summed E-state index contributed by atoms with van der Waals surface area (Å²) in [6.45, 7) is 0.671. The molecule has 1 aliphatic rings. The van der Waals surface area contributed by atoms with Gasteiger partial charge in [-0.2, -0.15) is 0 Å². The van der Waals surface area contributed by atoms with Gasteiger partial charge in [-0.1, -0.05) is 23.7 Å². The van der Waals surface area contributed by atoms with Gasteiger partial charge in [0.1, 0.15) is 5.82 Å². The lowest BCUT2D eigenvalue weighted by atomic mass is 10.2. The van der Waals surface area contributed by atoms with Gasteiger partial charge in [0.2, 0.25) is 5.91 Å². The number of carbonyl (C=O) groups excluding carboxylic acids is 2. The molecule has 0 spiro atoms. The van der Waals surface area contributed by atoms with E-state index in [1.165, 1.54) is 6.92 Å². The van der Waals surface area contributed by atoms with Crippen LogP contribution in [0.25, 0.3) is 0 Å². The lowest BCUT2D eigenvalue weighted by Crippen LogP contribution is -2.34. The molecule has 7 heteroatoms. The van der Waals surface area contributed by atoms with Gasteiger partial charge >= 0.3 is 0 Å². The zero-order valence-corrected chi connectivity index (χ0v) is 14.4. The maximum atomic E-state index is 12.4. The number of hydrogen-bond acceptors (Lipinski definition) is 4. The largest absolute Gasteiger partial charge is 0.366 e. The number of anilines is 1. The smallest absolute Gasteiger partial charge is 0.256 e. The van der Waals surface area contributed by atoms with Crippen molar-refractivity contribution in [1.29, 1.82) is 0 Å². The van der Waals surface area contributed by atoms with Crippen LogP contribution in [0.2, 0.25) is 5.02 Å². The van der Waals surface area contributed by atoms with E-state index in [1.54, 1.807) is 41.3 Å². The molecule has 0 saturated heterocycles. The number of hydrogen-bond donors (Lipinski definition) is 2. The maximum absolute atomic E-state index is 12.4. The minimum atomic E-state index is -1.85. The fourth-order valence-electron chi connectivity index (χ4n) is 2.53. The molecule has 0 unspecified atom stereocenters. The second-order valence-corrected chi connectivity index (χ2v) is 6.09. The third-order valence-electron chi connectivity index (χ3n) is 3.77. The first-order chi connectivity index (χ1) is 12.8. The Balaban J connectivity index is 1.71. The molecule has 0 fully saturated rings. The quantitative estimate of drug-likeness (QED) is 0.829. The van der Waals surface area contributed by atoms with Crippen LogP contribution in [0.3, 0.4) is 0 Å². The zero-order valence-electron chi connectivity index (χ0n) is 15.7. The Hall–Kier alpha value is -2.60. The van der Waals surface area contributed by atoms with Gasteiger partial charge in [-0.15, -0.1) is 0 Å². The van der Waals surface area contributed by atoms with E-state index in [0.717, 1.165) is 0 Å². The van der Waals surface area contributed by atoms with Crippen LogP contribution in [-0.2, 0) is 17.8 Å². The minimum Gasteiger partial charge on any atom is -0.366 e. The molecule has 0 atom stereocenters. The monoisotopic (exact) mass is 360 g/mol.